The summed E-state index contributed by atoms with van der Waals surface area (Å²) in [6.45, 7) is 10.7. The van der Waals surface area contributed by atoms with Crippen LogP contribution in [0.2, 0.25) is 0 Å². The molecule has 0 fully saturated rings. The molecule has 6 rings (SSSR count). The molecule has 0 aliphatic rings. The fourth-order valence-corrected chi connectivity index (χ4v) is 5.64. The van der Waals surface area contributed by atoms with Crippen LogP contribution in [0.1, 0.15) is 56.8 Å². The molecular formula is C37H37N3O. The van der Waals surface area contributed by atoms with E-state index in [1.165, 1.54) is 0 Å². The number of fused-ring (bicyclic) bond motifs is 2. The number of hydrogen-bond acceptors (Lipinski definition) is 3. The van der Waals surface area contributed by atoms with E-state index in [9.17, 15) is 5.11 Å². The predicted molar refractivity (Wildman–Crippen MR) is 171 cm³/mol. The number of imidazole rings is 1. The van der Waals surface area contributed by atoms with Crippen LogP contribution in [0, 0.1) is 6.85 Å². The Hall–Kier alpha value is -4.44. The van der Waals surface area contributed by atoms with E-state index in [0.29, 0.717) is 11.4 Å². The minimum Gasteiger partial charge on any atom is -0.507 e. The molecule has 41 heavy (non-hydrogen) atoms. The second-order valence-electron chi connectivity index (χ2n) is 12.8. The van der Waals surface area contributed by atoms with Crippen LogP contribution in [0.15, 0.2) is 91.1 Å². The van der Waals surface area contributed by atoms with Gasteiger partial charge in [0, 0.05) is 32.4 Å². The molecular weight excluding hydrogens is 502 g/mol. The number of aryl methyl sites for hydroxylation is 1. The molecule has 2 heterocycles. The molecule has 6 aromatic rings. The molecule has 0 saturated carbocycles. The highest BCUT2D eigenvalue weighted by Crippen LogP contribution is 2.41. The summed E-state index contributed by atoms with van der Waals surface area (Å²) in [4.78, 5) is 9.84. The maximum absolute atomic E-state index is 11.1. The van der Waals surface area contributed by atoms with Gasteiger partial charge >= 0.3 is 0 Å². The van der Waals surface area contributed by atoms with E-state index in [4.69, 9.17) is 9.10 Å². The third-order valence-electron chi connectivity index (χ3n) is 7.65. The highest BCUT2D eigenvalue weighted by atomic mass is 16.3. The Kier molecular flexibility index (Phi) is 5.44. The van der Waals surface area contributed by atoms with Crippen LogP contribution in [0.3, 0.4) is 0 Å². The molecule has 0 bridgehead atoms. The molecule has 0 spiro atoms. The summed E-state index contributed by atoms with van der Waals surface area (Å²) in [7, 11) is 0. The molecule has 0 atom stereocenters. The van der Waals surface area contributed by atoms with Crippen LogP contribution >= 0.6 is 0 Å². The van der Waals surface area contributed by atoms with Crippen molar-refractivity contribution in [2.24, 2.45) is 0 Å². The van der Waals surface area contributed by atoms with Crippen LogP contribution in [-0.2, 0) is 11.0 Å². The Morgan fingerprint density at radius 1 is 0.732 bits per heavy atom. The quantitative estimate of drug-likeness (QED) is 0.242. The topological polar surface area (TPSA) is 50.9 Å². The molecule has 1 N–H and O–H groups in total. The second kappa shape index (κ2) is 9.59. The van der Waals surface area contributed by atoms with Gasteiger partial charge in [0.25, 0.3) is 0 Å². The molecule has 0 unspecified atom stereocenters. The van der Waals surface area contributed by atoms with Crippen molar-refractivity contribution in [3.63, 3.8) is 0 Å². The first-order valence-corrected chi connectivity index (χ1v) is 14.0. The van der Waals surface area contributed by atoms with Gasteiger partial charge in [-0.2, -0.15) is 0 Å². The molecule has 2 aromatic heterocycles. The van der Waals surface area contributed by atoms with Gasteiger partial charge in [-0.25, -0.2) is 4.98 Å². The average Bonchev–Trinajstić information content (AvgIpc) is 3.36. The summed E-state index contributed by atoms with van der Waals surface area (Å²) >= 11 is 0. The van der Waals surface area contributed by atoms with Crippen molar-refractivity contribution in [2.75, 3.05) is 0 Å². The van der Waals surface area contributed by atoms with Crippen molar-refractivity contribution in [1.29, 1.82) is 0 Å². The highest BCUT2D eigenvalue weighted by molar-refractivity contribution is 5.98. The van der Waals surface area contributed by atoms with Gasteiger partial charge in [-0.3, -0.25) is 4.98 Å². The second-order valence-corrected chi connectivity index (χ2v) is 12.8. The van der Waals surface area contributed by atoms with E-state index < -0.39 is 6.85 Å². The SMILES string of the molecule is [2H]C([2H])([2H])c1cc(-c2cccc(-c3cccc4c3nc(-c3cc(C(C)(C)C)ccc3O)n4C(C)(C)C)c2)c2ncccc2c1. The fraction of sp³-hybridized carbons (Fsp3) is 0.243. The van der Waals surface area contributed by atoms with E-state index in [0.717, 1.165) is 49.8 Å². The number of nitrogens with zero attached hydrogens (tertiary/aromatic N) is 3. The number of hydrogen-bond donors (Lipinski definition) is 1. The van der Waals surface area contributed by atoms with Crippen LogP contribution in [-0.4, -0.2) is 19.6 Å². The fourth-order valence-electron chi connectivity index (χ4n) is 5.64. The molecule has 206 valence electrons. The van der Waals surface area contributed by atoms with Gasteiger partial charge in [0.15, 0.2) is 0 Å². The van der Waals surface area contributed by atoms with Crippen LogP contribution in [0.5, 0.6) is 5.75 Å². The van der Waals surface area contributed by atoms with E-state index in [-0.39, 0.29) is 22.3 Å². The zero-order valence-corrected chi connectivity index (χ0v) is 24.4. The molecule has 0 aliphatic heterocycles. The van der Waals surface area contributed by atoms with E-state index >= 15 is 0 Å². The summed E-state index contributed by atoms with van der Waals surface area (Å²) in [6.07, 6.45) is 1.73. The molecule has 0 aliphatic carbocycles. The lowest BCUT2D eigenvalue weighted by molar-refractivity contribution is 0.411. The van der Waals surface area contributed by atoms with Gasteiger partial charge in [-0.15, -0.1) is 0 Å². The van der Waals surface area contributed by atoms with Crippen molar-refractivity contribution < 1.29 is 9.22 Å². The molecule has 0 saturated heterocycles. The summed E-state index contributed by atoms with van der Waals surface area (Å²) in [6, 6.07) is 27.2. The summed E-state index contributed by atoms with van der Waals surface area (Å²) in [5.74, 6) is 0.899. The predicted octanol–water partition coefficient (Wildman–Crippen LogP) is 9.65. The minimum absolute atomic E-state index is 0.0947. The first-order valence-electron chi connectivity index (χ1n) is 15.5. The van der Waals surface area contributed by atoms with Crippen molar-refractivity contribution in [2.45, 2.75) is 59.3 Å². The van der Waals surface area contributed by atoms with E-state index in [2.05, 4.69) is 81.4 Å². The number of aromatic nitrogens is 3. The Bertz CT molecular complexity index is 2040. The smallest absolute Gasteiger partial charge is 0.145 e. The standard InChI is InChI=1S/C37H37N3O/c1-23-19-26-13-10-18-38-33(26)29(20-23)25-12-8-11-24(21-25)28-14-9-15-31-34(28)39-35(40(31)37(5,6)7)30-22-27(36(2,3)4)16-17-32(30)41/h8-22,41H,1-7H3/i1D3. The Morgan fingerprint density at radius 3 is 2.22 bits per heavy atom. The van der Waals surface area contributed by atoms with Crippen LogP contribution in [0.25, 0.3) is 55.6 Å². The Labute approximate surface area is 246 Å². The average molecular weight is 543 g/mol. The first-order chi connectivity index (χ1) is 20.6. The number of pyridine rings is 1. The number of phenols is 1. The van der Waals surface area contributed by atoms with Gasteiger partial charge in [-0.1, -0.05) is 63.2 Å². The van der Waals surface area contributed by atoms with Crippen molar-refractivity contribution in [3.05, 3.63) is 102 Å². The Morgan fingerprint density at radius 2 is 1.49 bits per heavy atom. The normalized spacial score (nSPS) is 13.8. The zero-order valence-electron chi connectivity index (χ0n) is 27.4. The third-order valence-corrected chi connectivity index (χ3v) is 7.65. The minimum atomic E-state index is -2.24. The maximum Gasteiger partial charge on any atom is 0.145 e. The zero-order chi connectivity index (χ0) is 31.6. The lowest BCUT2D eigenvalue weighted by atomic mass is 9.86. The number of benzene rings is 4. The number of rotatable bonds is 3. The van der Waals surface area contributed by atoms with Gasteiger partial charge in [-0.05, 0) is 97.8 Å². The molecule has 0 amide bonds. The maximum atomic E-state index is 11.1. The largest absolute Gasteiger partial charge is 0.507 e. The number of para-hydroxylation sites is 1. The molecule has 4 heteroatoms. The lowest BCUT2D eigenvalue weighted by Crippen LogP contribution is -2.22. The third kappa shape index (κ3) is 4.78. The van der Waals surface area contributed by atoms with Crippen LogP contribution < -0.4 is 0 Å². The highest BCUT2D eigenvalue weighted by Gasteiger charge is 2.26. The van der Waals surface area contributed by atoms with Crippen molar-refractivity contribution >= 4 is 21.9 Å². The number of aromatic hydroxyl groups is 1. The van der Waals surface area contributed by atoms with Crippen LogP contribution in [0.4, 0.5) is 0 Å². The summed E-state index contributed by atoms with van der Waals surface area (Å²) < 4.78 is 26.4. The Balaban J connectivity index is 1.58. The van der Waals surface area contributed by atoms with Gasteiger partial charge in [0.1, 0.15) is 11.6 Å². The van der Waals surface area contributed by atoms with Gasteiger partial charge < -0.3 is 9.67 Å². The summed E-state index contributed by atoms with van der Waals surface area (Å²) in [5.41, 5.74) is 7.77. The first kappa shape index (κ1) is 23.3. The molecule has 4 aromatic carbocycles. The monoisotopic (exact) mass is 542 g/mol. The van der Waals surface area contributed by atoms with Crippen molar-refractivity contribution in [3.8, 4) is 39.4 Å². The van der Waals surface area contributed by atoms with E-state index in [1.807, 2.05) is 36.4 Å². The van der Waals surface area contributed by atoms with Crippen molar-refractivity contribution in [1.82, 2.24) is 14.5 Å². The number of phenolic OH excluding ortho intramolecular Hbond substituents is 1. The summed E-state index contributed by atoms with van der Waals surface area (Å²) in [5, 5.41) is 11.9. The molecule has 0 radical (unpaired) electrons. The van der Waals surface area contributed by atoms with E-state index in [1.54, 1.807) is 24.4 Å². The van der Waals surface area contributed by atoms with Gasteiger partial charge in [0.2, 0.25) is 0 Å². The molecule has 4 nitrogen and oxygen atoms in total. The lowest BCUT2D eigenvalue weighted by Gasteiger charge is -2.26. The van der Waals surface area contributed by atoms with Gasteiger partial charge in [0.05, 0.1) is 22.1 Å².